The van der Waals surface area contributed by atoms with Crippen molar-refractivity contribution in [2.45, 2.75) is 0 Å². The van der Waals surface area contributed by atoms with Crippen LogP contribution in [0.3, 0.4) is 0 Å². The highest BCUT2D eigenvalue weighted by Crippen LogP contribution is 2.34. The van der Waals surface area contributed by atoms with Crippen LogP contribution in [0.15, 0.2) is 29.6 Å². The van der Waals surface area contributed by atoms with E-state index in [1.165, 1.54) is 6.20 Å². The molecule has 7 heteroatoms. The standard InChI is InChI=1S/C12H11N5O2/c13-11-8(6-15-12(16-11)17-18)7-1-2-10-9(5-7)14-3-4-19-10/h1-2,5-6,14H,3-4H2,(H2,13,15,16). The first kappa shape index (κ1) is 11.4. The first-order chi connectivity index (χ1) is 9.28. The van der Waals surface area contributed by atoms with Crippen molar-refractivity contribution in [3.63, 3.8) is 0 Å². The molecule has 1 aromatic carbocycles. The Morgan fingerprint density at radius 2 is 2.32 bits per heavy atom. The van der Waals surface area contributed by atoms with E-state index in [0.29, 0.717) is 12.2 Å². The molecule has 0 fully saturated rings. The number of nitrogens with zero attached hydrogens (tertiary/aromatic N) is 3. The Hall–Kier alpha value is -2.70. The van der Waals surface area contributed by atoms with E-state index >= 15 is 0 Å². The summed E-state index contributed by atoms with van der Waals surface area (Å²) in [5.74, 6) is 0.864. The van der Waals surface area contributed by atoms with Gasteiger partial charge < -0.3 is 15.8 Å². The minimum atomic E-state index is -0.166. The number of rotatable bonds is 2. The molecule has 96 valence electrons. The number of nitrogens with two attached hydrogens (primary N) is 1. The highest BCUT2D eigenvalue weighted by atomic mass is 16.5. The van der Waals surface area contributed by atoms with Gasteiger partial charge in [-0.2, -0.15) is 4.98 Å². The van der Waals surface area contributed by atoms with Crippen molar-refractivity contribution in [1.29, 1.82) is 0 Å². The van der Waals surface area contributed by atoms with Crippen LogP contribution < -0.4 is 15.8 Å². The van der Waals surface area contributed by atoms with E-state index in [0.717, 1.165) is 23.5 Å². The molecular weight excluding hydrogens is 246 g/mol. The van der Waals surface area contributed by atoms with E-state index < -0.39 is 0 Å². The van der Waals surface area contributed by atoms with E-state index in [9.17, 15) is 4.91 Å². The number of nitroso groups, excluding NO2 is 1. The average Bonchev–Trinajstić information content (AvgIpc) is 2.46. The smallest absolute Gasteiger partial charge is 0.292 e. The maximum absolute atomic E-state index is 10.3. The lowest BCUT2D eigenvalue weighted by atomic mass is 10.1. The van der Waals surface area contributed by atoms with Crippen LogP contribution >= 0.6 is 0 Å². The summed E-state index contributed by atoms with van der Waals surface area (Å²) >= 11 is 0. The SMILES string of the molecule is Nc1nc(N=O)ncc1-c1ccc2c(c1)NCCO2. The van der Waals surface area contributed by atoms with Gasteiger partial charge in [-0.1, -0.05) is 6.07 Å². The van der Waals surface area contributed by atoms with Gasteiger partial charge in [0.05, 0.1) is 5.69 Å². The van der Waals surface area contributed by atoms with E-state index in [1.807, 2.05) is 18.2 Å². The average molecular weight is 257 g/mol. The maximum atomic E-state index is 10.3. The number of nitrogens with one attached hydrogen (secondary N) is 1. The molecule has 0 amide bonds. The Morgan fingerprint density at radius 1 is 1.42 bits per heavy atom. The summed E-state index contributed by atoms with van der Waals surface area (Å²) in [6.07, 6.45) is 1.49. The van der Waals surface area contributed by atoms with Crippen LogP contribution in [0.4, 0.5) is 17.5 Å². The summed E-state index contributed by atoms with van der Waals surface area (Å²) in [6, 6.07) is 5.65. The number of fused-ring (bicyclic) bond motifs is 1. The van der Waals surface area contributed by atoms with Gasteiger partial charge in [0.15, 0.2) is 0 Å². The number of benzene rings is 1. The number of aromatic nitrogens is 2. The predicted molar refractivity (Wildman–Crippen MR) is 71.3 cm³/mol. The van der Waals surface area contributed by atoms with Crippen molar-refractivity contribution in [1.82, 2.24) is 9.97 Å². The lowest BCUT2D eigenvalue weighted by Gasteiger charge is -2.19. The van der Waals surface area contributed by atoms with Gasteiger partial charge >= 0.3 is 0 Å². The molecular formula is C12H11N5O2. The first-order valence-electron chi connectivity index (χ1n) is 5.75. The molecule has 0 unspecified atom stereocenters. The van der Waals surface area contributed by atoms with Gasteiger partial charge in [-0.3, -0.25) is 0 Å². The summed E-state index contributed by atoms with van der Waals surface area (Å²) < 4.78 is 5.50. The monoisotopic (exact) mass is 257 g/mol. The Bertz CT molecular complexity index is 644. The third-order valence-corrected chi connectivity index (χ3v) is 2.85. The van der Waals surface area contributed by atoms with E-state index in [-0.39, 0.29) is 11.8 Å². The van der Waals surface area contributed by atoms with Gasteiger partial charge in [-0.15, -0.1) is 4.91 Å². The van der Waals surface area contributed by atoms with Crippen molar-refractivity contribution in [3.05, 3.63) is 29.3 Å². The van der Waals surface area contributed by atoms with Crippen LogP contribution in [-0.4, -0.2) is 23.1 Å². The number of hydrogen-bond acceptors (Lipinski definition) is 7. The topological polar surface area (TPSA) is 102 Å². The fourth-order valence-electron chi connectivity index (χ4n) is 1.96. The van der Waals surface area contributed by atoms with Crippen LogP contribution in [0.2, 0.25) is 0 Å². The fraction of sp³-hybridized carbons (Fsp3) is 0.167. The lowest BCUT2D eigenvalue weighted by Crippen LogP contribution is -2.17. The second-order valence-corrected chi connectivity index (χ2v) is 4.05. The van der Waals surface area contributed by atoms with Crippen molar-refractivity contribution in [3.8, 4) is 16.9 Å². The Kier molecular flexibility index (Phi) is 2.71. The molecule has 1 aliphatic rings. The molecule has 0 atom stereocenters. The summed E-state index contributed by atoms with van der Waals surface area (Å²) in [6.45, 7) is 1.41. The zero-order chi connectivity index (χ0) is 13.2. The molecule has 2 heterocycles. The molecule has 19 heavy (non-hydrogen) atoms. The molecule has 7 nitrogen and oxygen atoms in total. The van der Waals surface area contributed by atoms with E-state index in [4.69, 9.17) is 10.5 Å². The largest absolute Gasteiger partial charge is 0.490 e. The molecule has 3 rings (SSSR count). The highest BCUT2D eigenvalue weighted by Gasteiger charge is 2.13. The summed E-state index contributed by atoms with van der Waals surface area (Å²) in [4.78, 5) is 18.0. The zero-order valence-corrected chi connectivity index (χ0v) is 9.96. The van der Waals surface area contributed by atoms with Crippen LogP contribution in [0, 0.1) is 4.91 Å². The molecule has 1 aromatic heterocycles. The lowest BCUT2D eigenvalue weighted by molar-refractivity contribution is 0.323. The Labute approximate surface area is 108 Å². The number of anilines is 2. The van der Waals surface area contributed by atoms with E-state index in [2.05, 4.69) is 20.5 Å². The van der Waals surface area contributed by atoms with E-state index in [1.54, 1.807) is 0 Å². The summed E-state index contributed by atoms with van der Waals surface area (Å²) in [7, 11) is 0. The van der Waals surface area contributed by atoms with Crippen molar-refractivity contribution in [2.24, 2.45) is 5.18 Å². The van der Waals surface area contributed by atoms with Crippen molar-refractivity contribution < 1.29 is 4.74 Å². The molecule has 3 N–H and O–H groups in total. The van der Waals surface area contributed by atoms with Gasteiger partial charge in [-0.05, 0) is 17.7 Å². The minimum Gasteiger partial charge on any atom is -0.490 e. The third-order valence-electron chi connectivity index (χ3n) is 2.85. The van der Waals surface area contributed by atoms with Gasteiger partial charge in [-0.25, -0.2) is 4.98 Å². The molecule has 0 saturated carbocycles. The van der Waals surface area contributed by atoms with Crippen LogP contribution in [0.1, 0.15) is 0 Å². The van der Waals surface area contributed by atoms with Gasteiger partial charge in [0, 0.05) is 23.5 Å². The predicted octanol–water partition coefficient (Wildman–Crippen LogP) is 1.93. The van der Waals surface area contributed by atoms with Crippen LogP contribution in [0.25, 0.3) is 11.1 Å². The fourth-order valence-corrected chi connectivity index (χ4v) is 1.96. The molecule has 0 radical (unpaired) electrons. The van der Waals surface area contributed by atoms with Gasteiger partial charge in [0.2, 0.25) is 0 Å². The number of hydrogen-bond donors (Lipinski definition) is 2. The van der Waals surface area contributed by atoms with Crippen molar-refractivity contribution >= 4 is 17.5 Å². The quantitative estimate of drug-likeness (QED) is 0.797. The second kappa shape index (κ2) is 4.52. The highest BCUT2D eigenvalue weighted by molar-refractivity contribution is 5.78. The molecule has 0 aliphatic carbocycles. The maximum Gasteiger partial charge on any atom is 0.292 e. The second-order valence-electron chi connectivity index (χ2n) is 4.05. The number of nitrogen functional groups attached to an aromatic ring is 1. The minimum absolute atomic E-state index is 0.166. The van der Waals surface area contributed by atoms with Gasteiger partial charge in [0.25, 0.3) is 5.95 Å². The Balaban J connectivity index is 2.04. The summed E-state index contributed by atoms with van der Waals surface area (Å²) in [5.41, 5.74) is 8.22. The van der Waals surface area contributed by atoms with Crippen molar-refractivity contribution in [2.75, 3.05) is 24.2 Å². The third kappa shape index (κ3) is 2.05. The first-order valence-corrected chi connectivity index (χ1v) is 5.75. The normalized spacial score (nSPS) is 13.1. The van der Waals surface area contributed by atoms with Crippen LogP contribution in [-0.2, 0) is 0 Å². The summed E-state index contributed by atoms with van der Waals surface area (Å²) in [5, 5.41) is 5.89. The number of ether oxygens (including phenoxy) is 1. The molecule has 1 aliphatic heterocycles. The molecule has 0 spiro atoms. The van der Waals surface area contributed by atoms with Gasteiger partial charge in [0.1, 0.15) is 18.2 Å². The zero-order valence-electron chi connectivity index (χ0n) is 9.96. The van der Waals surface area contributed by atoms with Crippen LogP contribution in [0.5, 0.6) is 5.75 Å². The molecule has 2 aromatic rings. The molecule has 0 saturated heterocycles. The Morgan fingerprint density at radius 3 is 3.11 bits per heavy atom. The molecule has 0 bridgehead atoms.